The highest BCUT2D eigenvalue weighted by molar-refractivity contribution is 7.15. The summed E-state index contributed by atoms with van der Waals surface area (Å²) in [5, 5.41) is 10.1. The van der Waals surface area contributed by atoms with Gasteiger partial charge in [-0.15, -0.1) is 11.3 Å². The van der Waals surface area contributed by atoms with Crippen LogP contribution in [0.1, 0.15) is 80.8 Å². The van der Waals surface area contributed by atoms with E-state index < -0.39 is 12.1 Å². The molecule has 4 atom stereocenters. The standard InChI is InChI=1S/C30H40N2O7S/c1-18-5-7-19(8-6-18)26(33)32(23-15-21(9-12-30(2,3)4)40-25(23)27(34)35)20-10-13-31(16-20)29(36)39-24-17-38-28-22(24)11-14-37-28/h15,18-20,22,24,28H,5-8,10-11,13-14,16-17H2,1-4H3,(H,34,35)/t18?,19?,20-,22?,24-,28?/m0/s1. The predicted octanol–water partition coefficient (Wildman–Crippen LogP) is 4.98. The van der Waals surface area contributed by atoms with Crippen LogP contribution in [0.2, 0.25) is 0 Å². The smallest absolute Gasteiger partial charge is 0.410 e. The zero-order valence-corrected chi connectivity index (χ0v) is 24.6. The van der Waals surface area contributed by atoms with Crippen LogP contribution in [0.15, 0.2) is 6.07 Å². The fourth-order valence-corrected chi connectivity index (χ4v) is 6.93. The van der Waals surface area contributed by atoms with Gasteiger partial charge < -0.3 is 29.1 Å². The first-order valence-electron chi connectivity index (χ1n) is 14.4. The lowest BCUT2D eigenvalue weighted by atomic mass is 9.82. The molecule has 1 aromatic heterocycles. The molecule has 1 saturated carbocycles. The zero-order chi connectivity index (χ0) is 28.6. The zero-order valence-electron chi connectivity index (χ0n) is 23.8. The van der Waals surface area contributed by atoms with Crippen molar-refractivity contribution in [2.75, 3.05) is 31.2 Å². The molecular formula is C30H40N2O7S. The van der Waals surface area contributed by atoms with Gasteiger partial charge in [0, 0.05) is 24.4 Å². The number of hydrogen-bond acceptors (Lipinski definition) is 7. The number of carbonyl (C=O) groups is 3. The van der Waals surface area contributed by atoms with Crippen molar-refractivity contribution in [2.45, 2.75) is 84.7 Å². The maximum atomic E-state index is 14.1. The lowest BCUT2D eigenvalue weighted by Gasteiger charge is -2.34. The summed E-state index contributed by atoms with van der Waals surface area (Å²) < 4.78 is 17.0. The third-order valence-electron chi connectivity index (χ3n) is 8.35. The molecule has 4 fully saturated rings. The van der Waals surface area contributed by atoms with Crippen LogP contribution in [0.25, 0.3) is 0 Å². The summed E-state index contributed by atoms with van der Waals surface area (Å²) in [5.74, 6) is 5.60. The highest BCUT2D eigenvalue weighted by atomic mass is 32.1. The normalized spacial score (nSPS) is 29.9. The van der Waals surface area contributed by atoms with Crippen molar-refractivity contribution < 1.29 is 33.7 Å². The minimum atomic E-state index is -1.08. The lowest BCUT2D eigenvalue weighted by Crippen LogP contribution is -2.47. The number of likely N-dealkylation sites (tertiary alicyclic amines) is 1. The predicted molar refractivity (Wildman–Crippen MR) is 150 cm³/mol. The molecule has 4 aliphatic rings. The fraction of sp³-hybridized carbons (Fsp3) is 0.700. The van der Waals surface area contributed by atoms with E-state index in [4.69, 9.17) is 14.2 Å². The number of amides is 2. The molecule has 1 aliphatic carbocycles. The van der Waals surface area contributed by atoms with E-state index in [1.807, 2.05) is 20.8 Å². The highest BCUT2D eigenvalue weighted by Gasteiger charge is 2.45. The van der Waals surface area contributed by atoms with Crippen molar-refractivity contribution in [3.8, 4) is 11.8 Å². The molecule has 2 unspecified atom stereocenters. The van der Waals surface area contributed by atoms with Crippen molar-refractivity contribution in [2.24, 2.45) is 23.2 Å². The van der Waals surface area contributed by atoms with E-state index >= 15 is 0 Å². The van der Waals surface area contributed by atoms with Crippen LogP contribution >= 0.6 is 11.3 Å². The van der Waals surface area contributed by atoms with E-state index in [1.54, 1.807) is 15.9 Å². The van der Waals surface area contributed by atoms with Crippen molar-refractivity contribution >= 4 is 35.0 Å². The molecule has 1 N–H and O–H groups in total. The maximum absolute atomic E-state index is 14.1. The third-order valence-corrected chi connectivity index (χ3v) is 9.38. The summed E-state index contributed by atoms with van der Waals surface area (Å²) >= 11 is 1.10. The molecular weight excluding hydrogens is 532 g/mol. The number of carboxylic acids is 1. The Morgan fingerprint density at radius 3 is 2.58 bits per heavy atom. The second-order valence-corrected chi connectivity index (χ2v) is 13.7. The minimum absolute atomic E-state index is 0.0469. The molecule has 10 heteroatoms. The monoisotopic (exact) mass is 572 g/mol. The molecule has 0 aromatic carbocycles. The van der Waals surface area contributed by atoms with Crippen molar-refractivity contribution in [3.63, 3.8) is 0 Å². The molecule has 5 rings (SSSR count). The Morgan fingerprint density at radius 2 is 1.88 bits per heavy atom. The van der Waals surface area contributed by atoms with E-state index in [9.17, 15) is 19.5 Å². The minimum Gasteiger partial charge on any atom is -0.477 e. The summed E-state index contributed by atoms with van der Waals surface area (Å²) in [6.07, 6.45) is 3.76. The fourth-order valence-electron chi connectivity index (χ4n) is 6.09. The van der Waals surface area contributed by atoms with Gasteiger partial charge in [-0.25, -0.2) is 9.59 Å². The average Bonchev–Trinajstić information content (AvgIpc) is 3.69. The molecule has 3 saturated heterocycles. The Bertz CT molecular complexity index is 1190. The number of fused-ring (bicyclic) bond motifs is 1. The van der Waals surface area contributed by atoms with E-state index in [1.165, 1.54) is 0 Å². The van der Waals surface area contributed by atoms with E-state index in [-0.39, 0.29) is 53.0 Å². The van der Waals surface area contributed by atoms with Gasteiger partial charge in [-0.2, -0.15) is 0 Å². The first-order chi connectivity index (χ1) is 19.0. The number of ether oxygens (including phenoxy) is 3. The maximum Gasteiger partial charge on any atom is 0.410 e. The molecule has 2 amide bonds. The SMILES string of the molecule is CC1CCC(C(=O)N(c2cc(C#CC(C)(C)C)sc2C(=O)O)[C@H]2CCN(C(=O)O[C@H]3COC4OCCC43)C2)CC1. The number of aromatic carboxylic acids is 1. The van der Waals surface area contributed by atoms with E-state index in [0.29, 0.717) is 42.7 Å². The molecule has 0 radical (unpaired) electrons. The Labute approximate surface area is 240 Å². The van der Waals surface area contributed by atoms with Gasteiger partial charge in [-0.1, -0.05) is 18.8 Å². The number of rotatable bonds is 5. The van der Waals surface area contributed by atoms with Gasteiger partial charge in [0.05, 0.1) is 35.7 Å². The molecule has 1 aromatic rings. The Morgan fingerprint density at radius 1 is 1.12 bits per heavy atom. The number of carboxylic acid groups (broad SMARTS) is 1. The van der Waals surface area contributed by atoms with Crippen LogP contribution in [0.3, 0.4) is 0 Å². The summed E-state index contributed by atoms with van der Waals surface area (Å²) in [6.45, 7) is 9.82. The van der Waals surface area contributed by atoms with Crippen molar-refractivity contribution in [1.29, 1.82) is 0 Å². The molecule has 3 aliphatic heterocycles. The van der Waals surface area contributed by atoms with Gasteiger partial charge in [0.25, 0.3) is 0 Å². The van der Waals surface area contributed by atoms with Gasteiger partial charge in [0.1, 0.15) is 11.0 Å². The van der Waals surface area contributed by atoms with Gasteiger partial charge >= 0.3 is 12.1 Å². The van der Waals surface area contributed by atoms with Gasteiger partial charge in [0.15, 0.2) is 6.29 Å². The number of thiophene rings is 1. The molecule has 40 heavy (non-hydrogen) atoms. The number of nitrogens with zero attached hydrogens (tertiary/aromatic N) is 2. The third kappa shape index (κ3) is 6.32. The Kier molecular flexibility index (Phi) is 8.46. The topological polar surface area (TPSA) is 106 Å². The first kappa shape index (κ1) is 28.9. The molecule has 218 valence electrons. The number of carbonyl (C=O) groups excluding carboxylic acids is 2. The largest absolute Gasteiger partial charge is 0.477 e. The van der Waals surface area contributed by atoms with Crippen LogP contribution in [-0.4, -0.2) is 72.7 Å². The van der Waals surface area contributed by atoms with Crippen molar-refractivity contribution in [3.05, 3.63) is 15.8 Å². The Hall–Kier alpha value is -2.61. The lowest BCUT2D eigenvalue weighted by molar-refractivity contribution is -0.124. The van der Waals surface area contributed by atoms with E-state index in [0.717, 1.165) is 43.4 Å². The Balaban J connectivity index is 1.39. The van der Waals surface area contributed by atoms with Gasteiger partial charge in [-0.05, 0) is 71.3 Å². The van der Waals surface area contributed by atoms with E-state index in [2.05, 4.69) is 18.8 Å². The second kappa shape index (κ2) is 11.7. The quantitative estimate of drug-likeness (QED) is 0.497. The van der Waals surface area contributed by atoms with Crippen LogP contribution in [0.5, 0.6) is 0 Å². The van der Waals surface area contributed by atoms with Crippen LogP contribution in [0.4, 0.5) is 10.5 Å². The second-order valence-electron chi connectivity index (χ2n) is 12.6. The van der Waals surface area contributed by atoms with Crippen LogP contribution < -0.4 is 4.90 Å². The van der Waals surface area contributed by atoms with Crippen LogP contribution in [0, 0.1) is 35.0 Å². The molecule has 4 heterocycles. The van der Waals surface area contributed by atoms with Crippen LogP contribution in [-0.2, 0) is 19.0 Å². The molecule has 9 nitrogen and oxygen atoms in total. The first-order valence-corrected chi connectivity index (χ1v) is 15.2. The summed E-state index contributed by atoms with van der Waals surface area (Å²) in [5.41, 5.74) is 0.137. The summed E-state index contributed by atoms with van der Waals surface area (Å²) in [7, 11) is 0. The van der Waals surface area contributed by atoms with Gasteiger partial charge in [-0.3, -0.25) is 4.79 Å². The van der Waals surface area contributed by atoms with Crippen molar-refractivity contribution in [1.82, 2.24) is 4.90 Å². The average molecular weight is 573 g/mol. The number of anilines is 1. The molecule has 0 bridgehead atoms. The number of hydrogen-bond donors (Lipinski definition) is 1. The molecule has 0 spiro atoms. The summed E-state index contributed by atoms with van der Waals surface area (Å²) in [6, 6.07) is 1.39. The van der Waals surface area contributed by atoms with Gasteiger partial charge in [0.2, 0.25) is 5.91 Å². The summed E-state index contributed by atoms with van der Waals surface area (Å²) in [4.78, 5) is 43.7. The highest BCUT2D eigenvalue weighted by Crippen LogP contribution is 2.38.